The van der Waals surface area contributed by atoms with E-state index in [9.17, 15) is 4.79 Å². The number of likely N-dealkylation sites (tertiary alicyclic amines) is 1. The number of nitrogens with one attached hydrogen (secondary N) is 2. The fourth-order valence-corrected chi connectivity index (χ4v) is 3.09. The van der Waals surface area contributed by atoms with Crippen LogP contribution in [0.1, 0.15) is 52.7 Å². The average molecular weight is 506 g/mol. The lowest BCUT2D eigenvalue weighted by atomic mass is 9.95. The van der Waals surface area contributed by atoms with E-state index in [-0.39, 0.29) is 30.1 Å². The second-order valence-electron chi connectivity index (χ2n) is 7.92. The van der Waals surface area contributed by atoms with E-state index in [1.54, 1.807) is 6.26 Å². The summed E-state index contributed by atoms with van der Waals surface area (Å²) >= 11 is 0. The zero-order valence-electron chi connectivity index (χ0n) is 17.5. The van der Waals surface area contributed by atoms with Gasteiger partial charge >= 0.3 is 6.09 Å². The Bertz CT molecular complexity index is 599. The number of carbonyl (C=O) groups excluding carboxylic acids is 1. The third-order valence-electron chi connectivity index (χ3n) is 4.33. The molecule has 1 unspecified atom stereocenters. The van der Waals surface area contributed by atoms with Gasteiger partial charge in [-0.05, 0) is 65.0 Å². The van der Waals surface area contributed by atoms with Crippen LogP contribution in [0.25, 0.3) is 0 Å². The van der Waals surface area contributed by atoms with Crippen LogP contribution in [0.2, 0.25) is 0 Å². The number of piperidine rings is 1. The summed E-state index contributed by atoms with van der Waals surface area (Å²) in [4.78, 5) is 18.7. The van der Waals surface area contributed by atoms with Gasteiger partial charge in [-0.2, -0.15) is 0 Å². The summed E-state index contributed by atoms with van der Waals surface area (Å²) < 4.78 is 10.8. The van der Waals surface area contributed by atoms with E-state index in [0.29, 0.717) is 12.5 Å². The number of furan rings is 1. The fourth-order valence-electron chi connectivity index (χ4n) is 3.09. The molecule has 0 radical (unpaired) electrons. The van der Waals surface area contributed by atoms with Crippen LogP contribution in [-0.2, 0) is 11.3 Å². The van der Waals surface area contributed by atoms with E-state index in [1.807, 2.05) is 44.7 Å². The largest absolute Gasteiger partial charge is 0.467 e. The third-order valence-corrected chi connectivity index (χ3v) is 4.33. The summed E-state index contributed by atoms with van der Waals surface area (Å²) in [5, 5.41) is 6.62. The minimum atomic E-state index is -0.448. The number of hydrogen-bond donors (Lipinski definition) is 2. The molecule has 1 aromatic heterocycles. The highest BCUT2D eigenvalue weighted by atomic mass is 127. The molecule has 1 atom stereocenters. The molecule has 2 N–H and O–H groups in total. The van der Waals surface area contributed by atoms with Crippen molar-refractivity contribution < 1.29 is 13.9 Å². The van der Waals surface area contributed by atoms with Crippen molar-refractivity contribution in [1.82, 2.24) is 15.5 Å². The Morgan fingerprint density at radius 2 is 2.18 bits per heavy atom. The molecule has 1 aliphatic heterocycles. The van der Waals surface area contributed by atoms with Crippen LogP contribution in [0.3, 0.4) is 0 Å². The van der Waals surface area contributed by atoms with Crippen LogP contribution >= 0.6 is 24.0 Å². The minimum Gasteiger partial charge on any atom is -0.467 e. The minimum absolute atomic E-state index is 0. The standard InChI is InChI=1S/C20H34N4O3.HI/c1-5-21-18(23-14-17-9-7-13-26-17)22-11-10-16-8-6-12-24(15-16)19(25)27-20(2,3)4;/h7,9,13,16H,5-6,8,10-12,14-15H2,1-4H3,(H2,21,22,23);1H. The Morgan fingerprint density at radius 1 is 1.39 bits per heavy atom. The molecule has 28 heavy (non-hydrogen) atoms. The van der Waals surface area contributed by atoms with E-state index in [0.717, 1.165) is 57.2 Å². The Labute approximate surface area is 185 Å². The maximum atomic E-state index is 12.3. The van der Waals surface area contributed by atoms with Gasteiger partial charge in [-0.25, -0.2) is 9.79 Å². The highest BCUT2D eigenvalue weighted by Crippen LogP contribution is 2.21. The first kappa shape index (κ1) is 24.6. The lowest BCUT2D eigenvalue weighted by Gasteiger charge is -2.34. The molecule has 7 nitrogen and oxygen atoms in total. The number of carbonyl (C=O) groups is 1. The molecule has 0 aliphatic carbocycles. The van der Waals surface area contributed by atoms with E-state index in [1.165, 1.54) is 0 Å². The van der Waals surface area contributed by atoms with Crippen LogP contribution in [-0.4, -0.2) is 48.7 Å². The Balaban J connectivity index is 0.00000392. The van der Waals surface area contributed by atoms with Crippen LogP contribution in [0.4, 0.5) is 4.79 Å². The maximum Gasteiger partial charge on any atom is 0.410 e. The van der Waals surface area contributed by atoms with E-state index < -0.39 is 5.60 Å². The van der Waals surface area contributed by atoms with Gasteiger partial charge in [0.2, 0.25) is 0 Å². The summed E-state index contributed by atoms with van der Waals surface area (Å²) in [6, 6.07) is 3.78. The molecular weight excluding hydrogens is 471 g/mol. The quantitative estimate of drug-likeness (QED) is 0.347. The molecule has 0 aromatic carbocycles. The first-order valence-electron chi connectivity index (χ1n) is 9.90. The number of guanidine groups is 1. The molecule has 1 fully saturated rings. The first-order chi connectivity index (χ1) is 12.9. The second-order valence-corrected chi connectivity index (χ2v) is 7.92. The Kier molecular flexibility index (Phi) is 10.7. The van der Waals surface area contributed by atoms with Crippen LogP contribution in [0.5, 0.6) is 0 Å². The van der Waals surface area contributed by atoms with Crippen molar-refractivity contribution >= 4 is 36.0 Å². The molecule has 160 valence electrons. The molecule has 0 bridgehead atoms. The summed E-state index contributed by atoms with van der Waals surface area (Å²) in [5.41, 5.74) is -0.448. The Morgan fingerprint density at radius 3 is 2.82 bits per heavy atom. The van der Waals surface area contributed by atoms with E-state index in [2.05, 4.69) is 15.6 Å². The number of ether oxygens (including phenoxy) is 1. The van der Waals surface area contributed by atoms with Crippen molar-refractivity contribution in [3.05, 3.63) is 24.2 Å². The number of nitrogens with zero attached hydrogens (tertiary/aromatic N) is 2. The molecule has 2 heterocycles. The zero-order valence-corrected chi connectivity index (χ0v) is 19.8. The van der Waals surface area contributed by atoms with Gasteiger partial charge in [0.05, 0.1) is 6.26 Å². The van der Waals surface area contributed by atoms with Gasteiger partial charge in [0.1, 0.15) is 17.9 Å². The smallest absolute Gasteiger partial charge is 0.410 e. The van der Waals surface area contributed by atoms with Crippen molar-refractivity contribution in [3.63, 3.8) is 0 Å². The predicted octanol–water partition coefficient (Wildman–Crippen LogP) is 3.99. The molecule has 8 heteroatoms. The number of hydrogen-bond acceptors (Lipinski definition) is 4. The summed E-state index contributed by atoms with van der Waals surface area (Å²) in [5.74, 6) is 2.10. The van der Waals surface area contributed by atoms with Gasteiger partial charge in [-0.1, -0.05) is 0 Å². The number of rotatable bonds is 6. The van der Waals surface area contributed by atoms with Gasteiger partial charge < -0.3 is 24.7 Å². The highest BCUT2D eigenvalue weighted by Gasteiger charge is 2.27. The van der Waals surface area contributed by atoms with Crippen molar-refractivity contribution in [3.8, 4) is 0 Å². The molecular formula is C20H35IN4O3. The van der Waals surface area contributed by atoms with Crippen molar-refractivity contribution in [1.29, 1.82) is 0 Å². The monoisotopic (exact) mass is 506 g/mol. The molecule has 2 rings (SSSR count). The van der Waals surface area contributed by atoms with Gasteiger partial charge in [0.15, 0.2) is 5.96 Å². The normalized spacial score (nSPS) is 17.6. The van der Waals surface area contributed by atoms with Crippen LogP contribution < -0.4 is 10.6 Å². The summed E-state index contributed by atoms with van der Waals surface area (Å²) in [7, 11) is 0. The van der Waals surface area contributed by atoms with Gasteiger partial charge in [0, 0.05) is 26.2 Å². The van der Waals surface area contributed by atoms with Crippen LogP contribution in [0.15, 0.2) is 27.8 Å². The molecule has 1 saturated heterocycles. The molecule has 0 spiro atoms. The number of aliphatic imine (C=N–C) groups is 1. The van der Waals surface area contributed by atoms with E-state index >= 15 is 0 Å². The van der Waals surface area contributed by atoms with Crippen molar-refractivity contribution in [2.45, 2.75) is 59.1 Å². The molecule has 1 aromatic rings. The van der Waals surface area contributed by atoms with Gasteiger partial charge in [-0.3, -0.25) is 0 Å². The van der Waals surface area contributed by atoms with Gasteiger partial charge in [0.25, 0.3) is 0 Å². The van der Waals surface area contributed by atoms with Crippen molar-refractivity contribution in [2.24, 2.45) is 10.9 Å². The lowest BCUT2D eigenvalue weighted by molar-refractivity contribution is 0.0162. The zero-order chi connectivity index (χ0) is 19.7. The third kappa shape index (κ3) is 9.16. The number of halogens is 1. The lowest BCUT2D eigenvalue weighted by Crippen LogP contribution is -2.44. The summed E-state index contributed by atoms with van der Waals surface area (Å²) in [6.45, 7) is 11.4. The molecule has 0 saturated carbocycles. The SMILES string of the molecule is CCNC(=NCc1ccco1)NCCC1CCCN(C(=O)OC(C)(C)C)C1.I. The highest BCUT2D eigenvalue weighted by molar-refractivity contribution is 14.0. The maximum absolute atomic E-state index is 12.3. The van der Waals surface area contributed by atoms with E-state index in [4.69, 9.17) is 9.15 Å². The number of amides is 1. The topological polar surface area (TPSA) is 79.1 Å². The van der Waals surface area contributed by atoms with Crippen LogP contribution in [0, 0.1) is 5.92 Å². The molecule has 1 amide bonds. The molecule has 1 aliphatic rings. The predicted molar refractivity (Wildman–Crippen MR) is 122 cm³/mol. The summed E-state index contributed by atoms with van der Waals surface area (Å²) in [6.07, 6.45) is 4.61. The first-order valence-corrected chi connectivity index (χ1v) is 9.90. The average Bonchev–Trinajstić information content (AvgIpc) is 3.12. The Hall–Kier alpha value is -1.45. The second kappa shape index (κ2) is 12.2. The van der Waals surface area contributed by atoms with Crippen molar-refractivity contribution in [2.75, 3.05) is 26.2 Å². The fraction of sp³-hybridized carbons (Fsp3) is 0.700. The van der Waals surface area contributed by atoms with Gasteiger partial charge in [-0.15, -0.1) is 24.0 Å².